The maximum Gasteiger partial charge on any atom is 0.306 e. The first-order valence-corrected chi connectivity index (χ1v) is 7.14. The fourth-order valence-electron chi connectivity index (χ4n) is 2.47. The van der Waals surface area contributed by atoms with Gasteiger partial charge in [-0.15, -0.1) is 13.2 Å². The summed E-state index contributed by atoms with van der Waals surface area (Å²) in [5, 5.41) is 20.3. The van der Waals surface area contributed by atoms with Crippen LogP contribution < -0.4 is 0 Å². The molecule has 0 aliphatic carbocycles. The summed E-state index contributed by atoms with van der Waals surface area (Å²) < 4.78 is 5.23. The van der Waals surface area contributed by atoms with Crippen LogP contribution in [-0.2, 0) is 9.53 Å². The molecule has 1 saturated heterocycles. The Kier molecular flexibility index (Phi) is 5.96. The average molecular weight is 282 g/mol. The Bertz CT molecular complexity index is 361. The number of hydrogen-bond acceptors (Lipinski definition) is 4. The lowest BCUT2D eigenvalue weighted by Crippen LogP contribution is -2.33. The van der Waals surface area contributed by atoms with Gasteiger partial charge in [0.05, 0.1) is 18.1 Å². The van der Waals surface area contributed by atoms with Crippen molar-refractivity contribution < 1.29 is 19.7 Å². The number of hydrogen-bond donors (Lipinski definition) is 2. The molecule has 5 atom stereocenters. The van der Waals surface area contributed by atoms with E-state index in [2.05, 4.69) is 13.2 Å². The lowest BCUT2D eigenvalue weighted by molar-refractivity contribution is -0.143. The summed E-state index contributed by atoms with van der Waals surface area (Å²) in [5.74, 6) is -0.280. The Morgan fingerprint density at radius 2 is 2.20 bits per heavy atom. The third-order valence-electron chi connectivity index (χ3n) is 4.06. The highest BCUT2D eigenvalue weighted by Gasteiger charge is 2.37. The first-order valence-electron chi connectivity index (χ1n) is 7.14. The standard InChI is InChI=1S/C16H26O4/c1-5-11(3)13(17)7-8-16(4,19)10-14-12(6-2)9-15(18)20-14/h5-6,11-14,17,19H,1-2,7-10H2,3-4H3/t11-,12-,13+,14-,16+/m1/s1. The molecule has 0 unspecified atom stereocenters. The molecule has 1 heterocycles. The van der Waals surface area contributed by atoms with E-state index in [1.54, 1.807) is 19.1 Å². The van der Waals surface area contributed by atoms with Gasteiger partial charge < -0.3 is 14.9 Å². The number of aliphatic hydroxyl groups excluding tert-OH is 1. The molecule has 0 radical (unpaired) electrons. The molecule has 0 aromatic heterocycles. The van der Waals surface area contributed by atoms with Crippen LogP contribution in [0.25, 0.3) is 0 Å². The molecule has 1 rings (SSSR count). The summed E-state index contributed by atoms with van der Waals surface area (Å²) in [6, 6.07) is 0. The molecule has 0 aromatic carbocycles. The number of carbonyl (C=O) groups excluding carboxylic acids is 1. The van der Waals surface area contributed by atoms with Crippen molar-refractivity contribution in [1.82, 2.24) is 0 Å². The summed E-state index contributed by atoms with van der Waals surface area (Å²) in [6.07, 6.45) is 4.21. The van der Waals surface area contributed by atoms with Gasteiger partial charge in [0, 0.05) is 12.3 Å². The van der Waals surface area contributed by atoms with Gasteiger partial charge in [-0.1, -0.05) is 19.1 Å². The van der Waals surface area contributed by atoms with Crippen LogP contribution in [0.3, 0.4) is 0 Å². The SMILES string of the molecule is C=C[C@@H](C)[C@@H](O)CC[C@](C)(O)C[C@H]1OC(=O)C[C@H]1C=C. The zero-order valence-corrected chi connectivity index (χ0v) is 12.4. The number of ether oxygens (including phenoxy) is 1. The van der Waals surface area contributed by atoms with Crippen molar-refractivity contribution in [3.63, 3.8) is 0 Å². The van der Waals surface area contributed by atoms with Crippen LogP contribution in [-0.4, -0.2) is 34.0 Å². The maximum atomic E-state index is 11.3. The highest BCUT2D eigenvalue weighted by atomic mass is 16.6. The van der Waals surface area contributed by atoms with E-state index in [0.717, 1.165) is 0 Å². The minimum atomic E-state index is -0.974. The second-order valence-electron chi connectivity index (χ2n) is 6.03. The Hall–Kier alpha value is -1.13. The number of carbonyl (C=O) groups is 1. The lowest BCUT2D eigenvalue weighted by Gasteiger charge is -2.29. The molecule has 4 heteroatoms. The van der Waals surface area contributed by atoms with E-state index in [1.807, 2.05) is 6.92 Å². The fraction of sp³-hybridized carbons (Fsp3) is 0.688. The van der Waals surface area contributed by atoms with Crippen LogP contribution in [0.1, 0.15) is 39.5 Å². The summed E-state index contributed by atoms with van der Waals surface area (Å²) in [4.78, 5) is 11.3. The van der Waals surface area contributed by atoms with Crippen molar-refractivity contribution in [2.75, 3.05) is 0 Å². The third-order valence-corrected chi connectivity index (χ3v) is 4.06. The van der Waals surface area contributed by atoms with E-state index in [9.17, 15) is 15.0 Å². The molecule has 0 bridgehead atoms. The highest BCUT2D eigenvalue weighted by Crippen LogP contribution is 2.31. The monoisotopic (exact) mass is 282 g/mol. The van der Waals surface area contributed by atoms with Gasteiger partial charge in [0.2, 0.25) is 0 Å². The van der Waals surface area contributed by atoms with Gasteiger partial charge in [-0.05, 0) is 25.7 Å². The minimum Gasteiger partial charge on any atom is -0.462 e. The molecule has 2 N–H and O–H groups in total. The summed E-state index contributed by atoms with van der Waals surface area (Å²) in [6.45, 7) is 10.9. The molecular formula is C16H26O4. The maximum absolute atomic E-state index is 11.3. The molecule has 114 valence electrons. The number of rotatable bonds is 8. The minimum absolute atomic E-state index is 0.00367. The van der Waals surface area contributed by atoms with Crippen molar-refractivity contribution in [1.29, 1.82) is 0 Å². The van der Waals surface area contributed by atoms with E-state index in [1.165, 1.54) is 0 Å². The quantitative estimate of drug-likeness (QED) is 0.529. The first kappa shape index (κ1) is 16.9. The van der Waals surface area contributed by atoms with E-state index >= 15 is 0 Å². The van der Waals surface area contributed by atoms with Crippen molar-refractivity contribution in [2.24, 2.45) is 11.8 Å². The predicted octanol–water partition coefficient (Wildman–Crippen LogP) is 2.21. The van der Waals surface area contributed by atoms with Gasteiger partial charge in [-0.3, -0.25) is 4.79 Å². The second kappa shape index (κ2) is 7.04. The fourth-order valence-corrected chi connectivity index (χ4v) is 2.47. The van der Waals surface area contributed by atoms with Gasteiger partial charge in [0.25, 0.3) is 0 Å². The molecule has 0 aromatic rings. The Morgan fingerprint density at radius 1 is 1.55 bits per heavy atom. The van der Waals surface area contributed by atoms with Crippen LogP contribution >= 0.6 is 0 Å². The van der Waals surface area contributed by atoms with Gasteiger partial charge >= 0.3 is 5.97 Å². The molecule has 0 amide bonds. The lowest BCUT2D eigenvalue weighted by atomic mass is 9.86. The van der Waals surface area contributed by atoms with Crippen molar-refractivity contribution in [3.8, 4) is 0 Å². The molecule has 1 aliphatic rings. The summed E-state index contributed by atoms with van der Waals surface area (Å²) in [5.41, 5.74) is -0.974. The molecule has 0 spiro atoms. The third kappa shape index (κ3) is 4.76. The van der Waals surface area contributed by atoms with Crippen LogP contribution in [0.5, 0.6) is 0 Å². The van der Waals surface area contributed by atoms with Crippen LogP contribution in [0.4, 0.5) is 0 Å². The molecule has 0 saturated carbocycles. The van der Waals surface area contributed by atoms with E-state index < -0.39 is 11.7 Å². The van der Waals surface area contributed by atoms with Crippen LogP contribution in [0, 0.1) is 11.8 Å². The Balaban J connectivity index is 2.50. The second-order valence-corrected chi connectivity index (χ2v) is 6.03. The summed E-state index contributed by atoms with van der Waals surface area (Å²) in [7, 11) is 0. The molecular weight excluding hydrogens is 256 g/mol. The summed E-state index contributed by atoms with van der Waals surface area (Å²) >= 11 is 0. The molecule has 4 nitrogen and oxygen atoms in total. The van der Waals surface area contributed by atoms with Crippen molar-refractivity contribution >= 4 is 5.97 Å². The van der Waals surface area contributed by atoms with Gasteiger partial charge in [0.15, 0.2) is 0 Å². The van der Waals surface area contributed by atoms with Crippen molar-refractivity contribution in [2.45, 2.75) is 57.3 Å². The first-order chi connectivity index (χ1) is 9.29. The Labute approximate surface area is 121 Å². The number of cyclic esters (lactones) is 1. The van der Waals surface area contributed by atoms with Gasteiger partial charge in [-0.2, -0.15) is 0 Å². The van der Waals surface area contributed by atoms with Crippen LogP contribution in [0.2, 0.25) is 0 Å². The predicted molar refractivity (Wildman–Crippen MR) is 78.0 cm³/mol. The largest absolute Gasteiger partial charge is 0.462 e. The molecule has 1 fully saturated rings. The van der Waals surface area contributed by atoms with E-state index in [0.29, 0.717) is 25.7 Å². The van der Waals surface area contributed by atoms with Crippen molar-refractivity contribution in [3.05, 3.63) is 25.3 Å². The Morgan fingerprint density at radius 3 is 2.75 bits per heavy atom. The smallest absolute Gasteiger partial charge is 0.306 e. The highest BCUT2D eigenvalue weighted by molar-refractivity contribution is 5.72. The normalized spacial score (nSPS) is 28.3. The van der Waals surface area contributed by atoms with Crippen LogP contribution in [0.15, 0.2) is 25.3 Å². The topological polar surface area (TPSA) is 66.8 Å². The van der Waals surface area contributed by atoms with Gasteiger partial charge in [0.1, 0.15) is 6.10 Å². The molecule has 1 aliphatic heterocycles. The number of esters is 1. The zero-order chi connectivity index (χ0) is 15.3. The van der Waals surface area contributed by atoms with E-state index in [4.69, 9.17) is 4.74 Å². The molecule has 20 heavy (non-hydrogen) atoms. The number of aliphatic hydroxyl groups is 2. The van der Waals surface area contributed by atoms with Gasteiger partial charge in [-0.25, -0.2) is 0 Å². The van der Waals surface area contributed by atoms with E-state index in [-0.39, 0.29) is 23.9 Å². The zero-order valence-electron chi connectivity index (χ0n) is 12.4. The average Bonchev–Trinajstić information content (AvgIpc) is 2.74.